The molecule has 1 fully saturated rings. The Morgan fingerprint density at radius 2 is 2.10 bits per heavy atom. The zero-order chi connectivity index (χ0) is 14.5. The van der Waals surface area contributed by atoms with Gasteiger partial charge in [0.1, 0.15) is 0 Å². The minimum absolute atomic E-state index is 0.742. The molecule has 1 nitrogen and oxygen atoms in total. The third-order valence-corrected chi connectivity index (χ3v) is 4.65. The Hall–Kier alpha value is -0.755. The van der Waals surface area contributed by atoms with Gasteiger partial charge in [-0.05, 0) is 48.3 Å². The second-order valence-electron chi connectivity index (χ2n) is 6.60. The number of aryl methyl sites for hydroxylation is 2. The summed E-state index contributed by atoms with van der Waals surface area (Å²) in [5, 5.41) is 0. The Balaban J connectivity index is 1.81. The van der Waals surface area contributed by atoms with Crippen LogP contribution in [-0.2, 0) is 12.8 Å². The highest BCUT2D eigenvalue weighted by Crippen LogP contribution is 2.24. The van der Waals surface area contributed by atoms with Crippen LogP contribution >= 0.6 is 0 Å². The molecular formula is C18H28BN. The quantitative estimate of drug-likeness (QED) is 0.683. The lowest BCUT2D eigenvalue weighted by Crippen LogP contribution is -2.49. The lowest BCUT2D eigenvalue weighted by Gasteiger charge is -2.41. The first-order valence-electron chi connectivity index (χ1n) is 8.13. The summed E-state index contributed by atoms with van der Waals surface area (Å²) < 4.78 is 0. The summed E-state index contributed by atoms with van der Waals surface area (Å²) in [5.74, 6) is 1.70. The summed E-state index contributed by atoms with van der Waals surface area (Å²) in [6.07, 6.45) is 4.27. The zero-order valence-corrected chi connectivity index (χ0v) is 13.4. The number of benzene rings is 1. The van der Waals surface area contributed by atoms with Gasteiger partial charge in [0.05, 0.1) is 7.85 Å². The molecule has 0 N–H and O–H groups in total. The molecule has 1 atom stereocenters. The van der Waals surface area contributed by atoms with E-state index in [0.29, 0.717) is 0 Å². The second kappa shape index (κ2) is 7.31. The van der Waals surface area contributed by atoms with Gasteiger partial charge in [0, 0.05) is 19.6 Å². The maximum absolute atomic E-state index is 5.62. The van der Waals surface area contributed by atoms with Gasteiger partial charge in [-0.25, -0.2) is 0 Å². The molecule has 20 heavy (non-hydrogen) atoms. The van der Waals surface area contributed by atoms with Crippen molar-refractivity contribution >= 4 is 7.85 Å². The van der Waals surface area contributed by atoms with E-state index in [1.165, 1.54) is 49.2 Å². The van der Waals surface area contributed by atoms with Gasteiger partial charge in [-0.15, -0.1) is 0 Å². The second-order valence-corrected chi connectivity index (χ2v) is 6.60. The van der Waals surface area contributed by atoms with Crippen LogP contribution in [0.25, 0.3) is 0 Å². The van der Waals surface area contributed by atoms with Crippen molar-refractivity contribution in [1.29, 1.82) is 0 Å². The molecule has 0 bridgehead atoms. The van der Waals surface area contributed by atoms with Crippen molar-refractivity contribution in [2.45, 2.75) is 46.4 Å². The lowest BCUT2D eigenvalue weighted by molar-refractivity contribution is 0.0837. The normalized spacial score (nSPS) is 17.9. The Morgan fingerprint density at radius 3 is 2.70 bits per heavy atom. The fourth-order valence-corrected chi connectivity index (χ4v) is 3.15. The predicted molar refractivity (Wildman–Crippen MR) is 88.5 cm³/mol. The van der Waals surface area contributed by atoms with E-state index in [1.807, 2.05) is 0 Å². The standard InChI is InChI=1S/C18H28BN/c1-4-14(2)11-20-12-17(13-20)10-18-6-5-16(7-8-19)9-15(18)3/h5-6,9,14,17H,4,7-8,10-13H2,1-3H3. The monoisotopic (exact) mass is 269 g/mol. The molecule has 1 unspecified atom stereocenters. The molecule has 0 saturated carbocycles. The molecule has 1 aromatic carbocycles. The summed E-state index contributed by atoms with van der Waals surface area (Å²) >= 11 is 0. The highest BCUT2D eigenvalue weighted by molar-refractivity contribution is 6.08. The van der Waals surface area contributed by atoms with E-state index in [9.17, 15) is 0 Å². The average molecular weight is 269 g/mol. The molecule has 1 saturated heterocycles. The third-order valence-electron chi connectivity index (χ3n) is 4.65. The van der Waals surface area contributed by atoms with E-state index in [4.69, 9.17) is 7.85 Å². The van der Waals surface area contributed by atoms with E-state index in [0.717, 1.165) is 24.6 Å². The van der Waals surface area contributed by atoms with E-state index in [2.05, 4.69) is 43.9 Å². The summed E-state index contributed by atoms with van der Waals surface area (Å²) in [5.41, 5.74) is 4.34. The van der Waals surface area contributed by atoms with Gasteiger partial charge in [0.15, 0.2) is 0 Å². The van der Waals surface area contributed by atoms with Crippen molar-refractivity contribution in [3.8, 4) is 0 Å². The zero-order valence-electron chi connectivity index (χ0n) is 13.4. The van der Waals surface area contributed by atoms with Gasteiger partial charge in [0.25, 0.3) is 0 Å². The average Bonchev–Trinajstić information content (AvgIpc) is 2.38. The molecule has 0 aromatic heterocycles. The topological polar surface area (TPSA) is 3.24 Å². The van der Waals surface area contributed by atoms with Gasteiger partial charge in [0.2, 0.25) is 0 Å². The Morgan fingerprint density at radius 1 is 1.35 bits per heavy atom. The van der Waals surface area contributed by atoms with Crippen LogP contribution in [0.4, 0.5) is 0 Å². The molecule has 1 aromatic rings. The van der Waals surface area contributed by atoms with E-state index < -0.39 is 0 Å². The maximum Gasteiger partial charge on any atom is 0.0657 e. The summed E-state index contributed by atoms with van der Waals surface area (Å²) in [7, 11) is 5.62. The van der Waals surface area contributed by atoms with Gasteiger partial charge in [-0.2, -0.15) is 0 Å². The van der Waals surface area contributed by atoms with Crippen LogP contribution in [0.15, 0.2) is 18.2 Å². The summed E-state index contributed by atoms with van der Waals surface area (Å²) in [4.78, 5) is 2.61. The number of rotatable bonds is 7. The van der Waals surface area contributed by atoms with Gasteiger partial charge in [-0.3, -0.25) is 0 Å². The first-order chi connectivity index (χ1) is 9.62. The van der Waals surface area contributed by atoms with Crippen molar-refractivity contribution in [2.75, 3.05) is 19.6 Å². The SMILES string of the molecule is [B]CCc1ccc(CC2CN(CC(C)CC)C2)c(C)c1. The smallest absolute Gasteiger partial charge is 0.0657 e. The van der Waals surface area contributed by atoms with Crippen LogP contribution in [0.1, 0.15) is 37.0 Å². The molecule has 0 amide bonds. The highest BCUT2D eigenvalue weighted by atomic mass is 15.2. The Labute approximate surface area is 126 Å². The lowest BCUT2D eigenvalue weighted by atomic mass is 9.88. The molecule has 108 valence electrons. The summed E-state index contributed by atoms with van der Waals surface area (Å²) in [6, 6.07) is 6.89. The van der Waals surface area contributed by atoms with Crippen LogP contribution < -0.4 is 0 Å². The van der Waals surface area contributed by atoms with Crippen LogP contribution in [0, 0.1) is 18.8 Å². The van der Waals surface area contributed by atoms with Crippen LogP contribution in [0.5, 0.6) is 0 Å². The Kier molecular flexibility index (Phi) is 5.71. The molecule has 2 rings (SSSR count). The predicted octanol–water partition coefficient (Wildman–Crippen LogP) is 3.64. The van der Waals surface area contributed by atoms with E-state index in [-0.39, 0.29) is 0 Å². The highest BCUT2D eigenvalue weighted by Gasteiger charge is 2.27. The molecule has 1 aliphatic rings. The van der Waals surface area contributed by atoms with E-state index >= 15 is 0 Å². The molecule has 0 aliphatic carbocycles. The molecule has 2 heteroatoms. The van der Waals surface area contributed by atoms with Crippen LogP contribution in [-0.4, -0.2) is 32.4 Å². The summed E-state index contributed by atoms with van der Waals surface area (Å²) in [6.45, 7) is 10.7. The maximum atomic E-state index is 5.62. The number of nitrogens with zero attached hydrogens (tertiary/aromatic N) is 1. The first-order valence-corrected chi connectivity index (χ1v) is 8.13. The van der Waals surface area contributed by atoms with Crippen LogP contribution in [0.3, 0.4) is 0 Å². The molecule has 0 spiro atoms. The Bertz CT molecular complexity index is 423. The first kappa shape index (κ1) is 15.6. The van der Waals surface area contributed by atoms with Crippen molar-refractivity contribution in [1.82, 2.24) is 4.90 Å². The molecule has 2 radical (unpaired) electrons. The number of likely N-dealkylation sites (tertiary alicyclic amines) is 1. The van der Waals surface area contributed by atoms with Crippen LogP contribution in [0.2, 0.25) is 6.32 Å². The largest absolute Gasteiger partial charge is 0.302 e. The van der Waals surface area contributed by atoms with Gasteiger partial charge < -0.3 is 4.90 Å². The fourth-order valence-electron chi connectivity index (χ4n) is 3.15. The van der Waals surface area contributed by atoms with E-state index in [1.54, 1.807) is 0 Å². The number of hydrogen-bond acceptors (Lipinski definition) is 1. The third kappa shape index (κ3) is 4.12. The minimum atomic E-state index is 0.742. The van der Waals surface area contributed by atoms with Crippen molar-refractivity contribution in [3.05, 3.63) is 34.9 Å². The molecular weight excluding hydrogens is 241 g/mol. The van der Waals surface area contributed by atoms with Crippen molar-refractivity contribution < 1.29 is 0 Å². The van der Waals surface area contributed by atoms with Gasteiger partial charge in [-0.1, -0.05) is 44.8 Å². The number of hydrogen-bond donors (Lipinski definition) is 0. The van der Waals surface area contributed by atoms with Crippen molar-refractivity contribution in [2.24, 2.45) is 11.8 Å². The fraction of sp³-hybridized carbons (Fsp3) is 0.667. The van der Waals surface area contributed by atoms with Crippen molar-refractivity contribution in [3.63, 3.8) is 0 Å². The van der Waals surface area contributed by atoms with Gasteiger partial charge >= 0.3 is 0 Å². The minimum Gasteiger partial charge on any atom is -0.302 e. The molecule has 1 heterocycles. The molecule has 1 aliphatic heterocycles.